The number of carbonyl (C=O) groups is 1. The van der Waals surface area contributed by atoms with Crippen LogP contribution >= 0.6 is 11.3 Å². The van der Waals surface area contributed by atoms with Crippen LogP contribution in [0.2, 0.25) is 0 Å². The van der Waals surface area contributed by atoms with Crippen LogP contribution in [0.3, 0.4) is 0 Å². The quantitative estimate of drug-likeness (QED) is 0.749. The second-order valence-corrected chi connectivity index (χ2v) is 4.00. The molecule has 0 spiro atoms. The summed E-state index contributed by atoms with van der Waals surface area (Å²) in [5.74, 6) is 0.446. The average molecular weight is 197 g/mol. The summed E-state index contributed by atoms with van der Waals surface area (Å²) < 4.78 is 0. The van der Waals surface area contributed by atoms with Gasteiger partial charge in [-0.3, -0.25) is 9.69 Å². The molecule has 2 N–H and O–H groups in total. The Morgan fingerprint density at radius 2 is 2.62 bits per heavy atom. The van der Waals surface area contributed by atoms with Crippen LogP contribution in [0, 0.1) is 5.92 Å². The Balaban J connectivity index is 2.14. The third-order valence-corrected chi connectivity index (χ3v) is 2.98. The van der Waals surface area contributed by atoms with E-state index in [1.54, 1.807) is 11.1 Å². The molecule has 2 rings (SSSR count). The molecule has 0 saturated carbocycles. The Bertz CT molecular complexity index is 298. The summed E-state index contributed by atoms with van der Waals surface area (Å²) in [6.07, 6.45) is 2.28. The van der Waals surface area contributed by atoms with Gasteiger partial charge in [0.1, 0.15) is 0 Å². The van der Waals surface area contributed by atoms with Crippen molar-refractivity contribution in [3.8, 4) is 0 Å². The van der Waals surface area contributed by atoms with Crippen LogP contribution in [0.15, 0.2) is 11.6 Å². The van der Waals surface area contributed by atoms with Crippen LogP contribution in [0.1, 0.15) is 6.42 Å². The average Bonchev–Trinajstić information content (AvgIpc) is 2.72. The summed E-state index contributed by atoms with van der Waals surface area (Å²) in [5, 5.41) is 2.67. The number of hydrogen-bond acceptors (Lipinski definition) is 4. The van der Waals surface area contributed by atoms with E-state index >= 15 is 0 Å². The summed E-state index contributed by atoms with van der Waals surface area (Å²) in [6.45, 7) is 1.30. The number of nitrogens with two attached hydrogens (primary N) is 1. The van der Waals surface area contributed by atoms with Crippen molar-refractivity contribution in [2.24, 2.45) is 11.7 Å². The first-order valence-corrected chi connectivity index (χ1v) is 5.09. The molecule has 1 fully saturated rings. The van der Waals surface area contributed by atoms with Crippen LogP contribution < -0.4 is 10.6 Å². The minimum absolute atomic E-state index is 0.144. The molecule has 13 heavy (non-hydrogen) atoms. The molecule has 1 aliphatic rings. The van der Waals surface area contributed by atoms with E-state index in [0.29, 0.717) is 18.9 Å². The van der Waals surface area contributed by atoms with Gasteiger partial charge in [-0.1, -0.05) is 0 Å². The molecule has 0 bridgehead atoms. The zero-order valence-electron chi connectivity index (χ0n) is 7.14. The number of rotatable bonds is 2. The Morgan fingerprint density at radius 3 is 3.15 bits per heavy atom. The SMILES string of the molecule is NCC1CC(=O)N(c2nccs2)C1. The van der Waals surface area contributed by atoms with E-state index in [1.165, 1.54) is 11.3 Å². The predicted octanol–water partition coefficient (Wildman–Crippen LogP) is 0.455. The highest BCUT2D eigenvalue weighted by molar-refractivity contribution is 7.13. The zero-order valence-corrected chi connectivity index (χ0v) is 7.96. The zero-order chi connectivity index (χ0) is 9.26. The summed E-state index contributed by atoms with van der Waals surface area (Å²) >= 11 is 1.49. The lowest BCUT2D eigenvalue weighted by Gasteiger charge is -2.11. The molecule has 0 aliphatic carbocycles. The van der Waals surface area contributed by atoms with Gasteiger partial charge in [0, 0.05) is 24.5 Å². The normalized spacial score (nSPS) is 22.7. The highest BCUT2D eigenvalue weighted by Crippen LogP contribution is 2.25. The Labute approximate surface area is 80.4 Å². The molecule has 1 amide bonds. The van der Waals surface area contributed by atoms with Gasteiger partial charge in [0.25, 0.3) is 0 Å². The van der Waals surface area contributed by atoms with Gasteiger partial charge in [0.05, 0.1) is 0 Å². The first-order valence-electron chi connectivity index (χ1n) is 4.21. The lowest BCUT2D eigenvalue weighted by atomic mass is 10.1. The lowest BCUT2D eigenvalue weighted by Crippen LogP contribution is -2.25. The minimum atomic E-state index is 0.144. The highest BCUT2D eigenvalue weighted by atomic mass is 32.1. The van der Waals surface area contributed by atoms with E-state index in [4.69, 9.17) is 5.73 Å². The van der Waals surface area contributed by atoms with Gasteiger partial charge in [0.2, 0.25) is 5.91 Å². The first kappa shape index (κ1) is 8.65. The van der Waals surface area contributed by atoms with Crippen molar-refractivity contribution in [1.29, 1.82) is 0 Å². The van der Waals surface area contributed by atoms with E-state index in [1.807, 2.05) is 5.38 Å². The fourth-order valence-corrected chi connectivity index (χ4v) is 2.14. The molecule has 0 radical (unpaired) electrons. The van der Waals surface area contributed by atoms with Gasteiger partial charge in [-0.15, -0.1) is 11.3 Å². The van der Waals surface area contributed by atoms with Crippen molar-refractivity contribution < 1.29 is 4.79 Å². The van der Waals surface area contributed by atoms with Gasteiger partial charge in [-0.25, -0.2) is 4.98 Å². The standard InChI is InChI=1S/C8H11N3OS/c9-4-6-3-7(12)11(5-6)8-10-1-2-13-8/h1-2,6H,3-5,9H2. The molecular formula is C8H11N3OS. The largest absolute Gasteiger partial charge is 0.330 e. The molecule has 1 atom stereocenters. The fraction of sp³-hybridized carbons (Fsp3) is 0.500. The number of amides is 1. The summed E-state index contributed by atoms with van der Waals surface area (Å²) in [5.41, 5.74) is 5.52. The fourth-order valence-electron chi connectivity index (χ4n) is 1.47. The molecule has 1 aromatic rings. The second-order valence-electron chi connectivity index (χ2n) is 3.12. The molecule has 1 unspecified atom stereocenters. The number of aromatic nitrogens is 1. The third-order valence-electron chi connectivity index (χ3n) is 2.19. The predicted molar refractivity (Wildman–Crippen MR) is 51.6 cm³/mol. The van der Waals surface area contributed by atoms with Gasteiger partial charge >= 0.3 is 0 Å². The molecule has 1 aromatic heterocycles. The van der Waals surface area contributed by atoms with Gasteiger partial charge in [0.15, 0.2) is 5.13 Å². The highest BCUT2D eigenvalue weighted by Gasteiger charge is 2.30. The maximum Gasteiger partial charge on any atom is 0.229 e. The summed E-state index contributed by atoms with van der Waals surface area (Å²) in [6, 6.07) is 0. The van der Waals surface area contributed by atoms with Crippen molar-refractivity contribution in [2.75, 3.05) is 18.0 Å². The van der Waals surface area contributed by atoms with E-state index in [2.05, 4.69) is 4.98 Å². The number of thiazole rings is 1. The van der Waals surface area contributed by atoms with Crippen LogP contribution in [0.25, 0.3) is 0 Å². The van der Waals surface area contributed by atoms with Crippen LogP contribution in [-0.4, -0.2) is 24.0 Å². The molecular weight excluding hydrogens is 186 g/mol. The Kier molecular flexibility index (Phi) is 2.28. The molecule has 5 heteroatoms. The third kappa shape index (κ3) is 1.57. The minimum Gasteiger partial charge on any atom is -0.330 e. The van der Waals surface area contributed by atoms with E-state index in [0.717, 1.165) is 11.7 Å². The van der Waals surface area contributed by atoms with Gasteiger partial charge < -0.3 is 5.73 Å². The van der Waals surface area contributed by atoms with Crippen molar-refractivity contribution in [2.45, 2.75) is 6.42 Å². The van der Waals surface area contributed by atoms with E-state index in [-0.39, 0.29) is 5.91 Å². The number of nitrogens with zero attached hydrogens (tertiary/aromatic N) is 2. The van der Waals surface area contributed by atoms with Crippen molar-refractivity contribution in [3.63, 3.8) is 0 Å². The lowest BCUT2D eigenvalue weighted by molar-refractivity contribution is -0.117. The molecule has 0 aromatic carbocycles. The van der Waals surface area contributed by atoms with Crippen molar-refractivity contribution in [1.82, 2.24) is 4.98 Å². The summed E-state index contributed by atoms with van der Waals surface area (Å²) in [4.78, 5) is 17.3. The summed E-state index contributed by atoms with van der Waals surface area (Å²) in [7, 11) is 0. The van der Waals surface area contributed by atoms with Gasteiger partial charge in [-0.2, -0.15) is 0 Å². The number of carbonyl (C=O) groups excluding carboxylic acids is 1. The molecule has 1 aliphatic heterocycles. The smallest absolute Gasteiger partial charge is 0.229 e. The molecule has 1 saturated heterocycles. The van der Waals surface area contributed by atoms with Crippen molar-refractivity contribution in [3.05, 3.63) is 11.6 Å². The number of anilines is 1. The maximum atomic E-state index is 11.5. The Morgan fingerprint density at radius 1 is 1.77 bits per heavy atom. The topological polar surface area (TPSA) is 59.2 Å². The number of hydrogen-bond donors (Lipinski definition) is 1. The van der Waals surface area contributed by atoms with Gasteiger partial charge in [-0.05, 0) is 12.5 Å². The Hall–Kier alpha value is -0.940. The van der Waals surface area contributed by atoms with E-state index < -0.39 is 0 Å². The first-order chi connectivity index (χ1) is 6.31. The van der Waals surface area contributed by atoms with Crippen LogP contribution in [0.5, 0.6) is 0 Å². The maximum absolute atomic E-state index is 11.5. The molecule has 70 valence electrons. The van der Waals surface area contributed by atoms with Crippen LogP contribution in [-0.2, 0) is 4.79 Å². The molecule has 2 heterocycles. The monoisotopic (exact) mass is 197 g/mol. The second kappa shape index (κ2) is 3.43. The van der Waals surface area contributed by atoms with Crippen molar-refractivity contribution >= 4 is 22.4 Å². The molecule has 4 nitrogen and oxygen atoms in total. The van der Waals surface area contributed by atoms with Crippen LogP contribution in [0.4, 0.5) is 5.13 Å². The van der Waals surface area contributed by atoms with E-state index in [9.17, 15) is 4.79 Å².